The molecule has 0 atom stereocenters. The number of carboxylic acid groups (broad SMARTS) is 1. The molecule has 0 aliphatic rings. The summed E-state index contributed by atoms with van der Waals surface area (Å²) in [4.78, 5) is 9.00. The van der Waals surface area contributed by atoms with E-state index in [0.29, 0.717) is 13.2 Å². The van der Waals surface area contributed by atoms with Crippen LogP contribution in [0.5, 0.6) is 0 Å². The van der Waals surface area contributed by atoms with E-state index in [1.165, 1.54) is 0 Å². The molecule has 0 rings (SSSR count). The molecule has 0 aromatic heterocycles. The number of aliphatic hydroxyl groups excluding tert-OH is 1. The van der Waals surface area contributed by atoms with Crippen molar-refractivity contribution in [3.05, 3.63) is 0 Å². The Balaban J connectivity index is -0.0000000450. The zero-order valence-electron chi connectivity index (χ0n) is 8.37. The monoisotopic (exact) mass is 199 g/mol. The Kier molecular flexibility index (Phi) is 53.0. The third-order valence-electron chi connectivity index (χ3n) is 0.382. The second-order valence-corrected chi connectivity index (χ2v) is 1.75. The number of carbonyl (C=O) groups is 1. The fourth-order valence-corrected chi connectivity index (χ4v) is 0. The van der Waals surface area contributed by atoms with Gasteiger partial charge in [0.15, 0.2) is 0 Å². The molecule has 0 unspecified atom stereocenters. The van der Waals surface area contributed by atoms with E-state index >= 15 is 0 Å². The first-order valence-corrected chi connectivity index (χ1v) is 3.74. The van der Waals surface area contributed by atoms with E-state index in [2.05, 4.69) is 0 Å². The van der Waals surface area contributed by atoms with Gasteiger partial charge in [0.2, 0.25) is 0 Å². The third-order valence-corrected chi connectivity index (χ3v) is 0.382. The summed E-state index contributed by atoms with van der Waals surface area (Å²) in [6.45, 7) is 5.78. The van der Waals surface area contributed by atoms with Crippen LogP contribution < -0.4 is 5.48 Å². The molecule has 84 valence electrons. The zero-order valence-corrected chi connectivity index (χ0v) is 8.37. The van der Waals surface area contributed by atoms with Crippen LogP contribution in [-0.4, -0.2) is 40.0 Å². The first-order chi connectivity index (χ1) is 5.56. The number of rotatable bonds is 2. The summed E-state index contributed by atoms with van der Waals surface area (Å²) >= 11 is 0. The number of aliphatic carboxylic acids is 1. The number of carboxylic acids is 1. The molecule has 6 heteroatoms. The van der Waals surface area contributed by atoms with Gasteiger partial charge in [-0.3, -0.25) is 4.79 Å². The summed E-state index contributed by atoms with van der Waals surface area (Å²) in [5, 5.41) is 22.9. The summed E-state index contributed by atoms with van der Waals surface area (Å²) in [7, 11) is 0. The fraction of sp³-hybridized carbons (Fsp3) is 0.857. The zero-order chi connectivity index (χ0) is 10.4. The highest BCUT2D eigenvalue weighted by molar-refractivity contribution is 5.62. The van der Waals surface area contributed by atoms with Crippen LogP contribution >= 0.6 is 0 Å². The van der Waals surface area contributed by atoms with E-state index in [-0.39, 0.29) is 5.48 Å². The molecular weight excluding hydrogens is 178 g/mol. The van der Waals surface area contributed by atoms with Crippen molar-refractivity contribution < 1.29 is 25.7 Å². The van der Waals surface area contributed by atoms with Crippen LogP contribution in [0.1, 0.15) is 27.2 Å². The molecule has 0 saturated heterocycles. The summed E-state index contributed by atoms with van der Waals surface area (Å²) < 4.78 is 0. The molecule has 0 aromatic carbocycles. The van der Waals surface area contributed by atoms with Crippen LogP contribution in [0.2, 0.25) is 0 Å². The first-order valence-electron chi connectivity index (χ1n) is 3.74. The lowest BCUT2D eigenvalue weighted by Gasteiger charge is -1.75. The van der Waals surface area contributed by atoms with Gasteiger partial charge in [0.1, 0.15) is 0 Å². The van der Waals surface area contributed by atoms with Crippen LogP contribution in [0.4, 0.5) is 0 Å². The number of hydrogen-bond acceptors (Lipinski definition) is 4. The van der Waals surface area contributed by atoms with Crippen molar-refractivity contribution in [2.75, 3.05) is 13.2 Å². The maximum atomic E-state index is 9.00. The lowest BCUT2D eigenvalue weighted by Crippen LogP contribution is -2.02. The Morgan fingerprint density at radius 2 is 1.54 bits per heavy atom. The average molecular weight is 199 g/mol. The SMILES string of the molecule is CC(=O)O.CCCO.CCNO.O. The second kappa shape index (κ2) is 30.2. The molecule has 0 saturated carbocycles. The minimum atomic E-state index is -0.833. The largest absolute Gasteiger partial charge is 0.481 e. The molecule has 0 spiro atoms. The smallest absolute Gasteiger partial charge is 0.300 e. The van der Waals surface area contributed by atoms with Gasteiger partial charge in [0.05, 0.1) is 0 Å². The fourth-order valence-electron chi connectivity index (χ4n) is 0. The molecule has 13 heavy (non-hydrogen) atoms. The molecule has 0 radical (unpaired) electrons. The summed E-state index contributed by atoms with van der Waals surface area (Å²) in [6, 6.07) is 0. The second-order valence-electron chi connectivity index (χ2n) is 1.75. The molecular formula is C7H21NO5. The quantitative estimate of drug-likeness (QED) is 0.452. The Morgan fingerprint density at radius 3 is 1.54 bits per heavy atom. The normalized spacial score (nSPS) is 6.54. The van der Waals surface area contributed by atoms with E-state index in [1.807, 2.05) is 19.3 Å². The Labute approximate surface area is 78.5 Å². The summed E-state index contributed by atoms with van der Waals surface area (Å²) in [5.41, 5.74) is 1.93. The standard InChI is InChI=1S/C3H8O.C2H7NO.C2H4O2.H2O/c2*1-2-3-4;1-2(3)4;/h4H,2-3H2,1H3;3-4H,2H2,1H3;1H3,(H,3,4);1H2. The number of hydrogen-bond donors (Lipinski definition) is 4. The van der Waals surface area contributed by atoms with Gasteiger partial charge in [-0.15, -0.1) is 0 Å². The van der Waals surface area contributed by atoms with Gasteiger partial charge in [-0.2, -0.15) is 0 Å². The molecule has 0 aromatic rings. The van der Waals surface area contributed by atoms with Gasteiger partial charge in [-0.25, -0.2) is 5.48 Å². The Bertz CT molecular complexity index is 67.3. The minimum absolute atomic E-state index is 0. The molecule has 0 bridgehead atoms. The van der Waals surface area contributed by atoms with Crippen molar-refractivity contribution in [1.82, 2.24) is 5.48 Å². The van der Waals surface area contributed by atoms with Gasteiger partial charge >= 0.3 is 0 Å². The van der Waals surface area contributed by atoms with Gasteiger partial charge in [0, 0.05) is 20.1 Å². The average Bonchev–Trinajstić information content (AvgIpc) is 2.03. The molecule has 6 nitrogen and oxygen atoms in total. The Morgan fingerprint density at radius 1 is 1.38 bits per heavy atom. The summed E-state index contributed by atoms with van der Waals surface area (Å²) in [5.74, 6) is -0.833. The van der Waals surface area contributed by atoms with Crippen molar-refractivity contribution in [3.8, 4) is 0 Å². The van der Waals surface area contributed by atoms with Crippen molar-refractivity contribution >= 4 is 5.97 Å². The van der Waals surface area contributed by atoms with Crippen molar-refractivity contribution in [2.45, 2.75) is 27.2 Å². The topological polar surface area (TPSA) is 121 Å². The Hall–Kier alpha value is -0.690. The van der Waals surface area contributed by atoms with Crippen LogP contribution in [0.3, 0.4) is 0 Å². The molecule has 0 heterocycles. The molecule has 6 N–H and O–H groups in total. The van der Waals surface area contributed by atoms with Crippen molar-refractivity contribution in [1.29, 1.82) is 0 Å². The van der Waals surface area contributed by atoms with Crippen LogP contribution in [-0.2, 0) is 4.79 Å². The van der Waals surface area contributed by atoms with E-state index in [9.17, 15) is 0 Å². The van der Waals surface area contributed by atoms with Gasteiger partial charge in [0.25, 0.3) is 5.97 Å². The highest BCUT2D eigenvalue weighted by Crippen LogP contribution is 1.61. The van der Waals surface area contributed by atoms with Gasteiger partial charge < -0.3 is 20.9 Å². The lowest BCUT2D eigenvalue weighted by atomic mass is 10.5. The van der Waals surface area contributed by atoms with Crippen LogP contribution in [0, 0.1) is 0 Å². The number of nitrogens with one attached hydrogen (secondary N) is 1. The van der Waals surface area contributed by atoms with Crippen LogP contribution in [0.15, 0.2) is 0 Å². The minimum Gasteiger partial charge on any atom is -0.481 e. The molecule has 0 aliphatic carbocycles. The van der Waals surface area contributed by atoms with Gasteiger partial charge in [-0.1, -0.05) is 13.8 Å². The highest BCUT2D eigenvalue weighted by atomic mass is 16.5. The predicted octanol–water partition coefficient (Wildman–Crippen LogP) is -0.360. The van der Waals surface area contributed by atoms with Crippen LogP contribution in [0.25, 0.3) is 0 Å². The van der Waals surface area contributed by atoms with E-state index in [0.717, 1.165) is 13.3 Å². The maximum Gasteiger partial charge on any atom is 0.300 e. The van der Waals surface area contributed by atoms with E-state index in [4.69, 9.17) is 20.2 Å². The lowest BCUT2D eigenvalue weighted by molar-refractivity contribution is -0.134. The maximum absolute atomic E-state index is 9.00. The molecule has 0 amide bonds. The predicted molar refractivity (Wildman–Crippen MR) is 49.8 cm³/mol. The molecule has 0 aliphatic heterocycles. The van der Waals surface area contributed by atoms with Crippen molar-refractivity contribution in [2.24, 2.45) is 0 Å². The third kappa shape index (κ3) is 571. The summed E-state index contributed by atoms with van der Waals surface area (Å²) in [6.07, 6.45) is 0.875. The number of hydroxylamine groups is 1. The highest BCUT2D eigenvalue weighted by Gasteiger charge is 1.65. The van der Waals surface area contributed by atoms with Crippen molar-refractivity contribution in [3.63, 3.8) is 0 Å². The van der Waals surface area contributed by atoms with E-state index < -0.39 is 5.97 Å². The molecule has 0 fully saturated rings. The van der Waals surface area contributed by atoms with E-state index in [1.54, 1.807) is 0 Å². The first kappa shape index (κ1) is 22.8. The van der Waals surface area contributed by atoms with Gasteiger partial charge in [-0.05, 0) is 6.42 Å². The number of aliphatic hydroxyl groups is 1.